The van der Waals surface area contributed by atoms with E-state index in [0.29, 0.717) is 6.54 Å². The summed E-state index contributed by atoms with van der Waals surface area (Å²) in [6.45, 7) is 5.28. The number of ether oxygens (including phenoxy) is 2. The third-order valence-corrected chi connectivity index (χ3v) is 3.63. The molecule has 1 amide bonds. The Morgan fingerprint density at radius 1 is 1.14 bits per heavy atom. The number of aliphatic hydroxyl groups excluding tert-OH is 2. The molecule has 1 aromatic rings. The number of hydrazine groups is 1. The van der Waals surface area contributed by atoms with Crippen LogP contribution < -0.4 is 10.7 Å². The second-order valence-electron chi connectivity index (χ2n) is 7.03. The molecular weight excluding hydrogens is 366 g/mol. The number of hydrogen-bond acceptors (Lipinski definition) is 8. The van der Waals surface area contributed by atoms with Crippen molar-refractivity contribution < 1.29 is 29.3 Å². The fourth-order valence-electron chi connectivity index (χ4n) is 2.47. The van der Waals surface area contributed by atoms with E-state index < -0.39 is 23.7 Å². The number of hydrogen-bond donors (Lipinski definition) is 4. The third-order valence-electron chi connectivity index (χ3n) is 3.63. The van der Waals surface area contributed by atoms with E-state index >= 15 is 0 Å². The minimum Gasteiger partial charge on any atom is -0.467 e. The summed E-state index contributed by atoms with van der Waals surface area (Å²) >= 11 is 0. The number of para-hydroxylation sites is 1. The van der Waals surface area contributed by atoms with Gasteiger partial charge >= 0.3 is 12.1 Å². The lowest BCUT2D eigenvalue weighted by atomic mass is 10.0. The fraction of sp³-hybridized carbons (Fsp3) is 0.579. The summed E-state index contributed by atoms with van der Waals surface area (Å²) in [5.41, 5.74) is 3.46. The molecule has 0 heterocycles. The lowest BCUT2D eigenvalue weighted by Crippen LogP contribution is -2.56. The van der Waals surface area contributed by atoms with E-state index in [1.54, 1.807) is 20.8 Å². The van der Waals surface area contributed by atoms with Crippen LogP contribution in [0.25, 0.3) is 0 Å². The van der Waals surface area contributed by atoms with Gasteiger partial charge < -0.3 is 25.0 Å². The number of nitrogens with one attached hydrogen (secondary N) is 2. The molecule has 0 aliphatic heterocycles. The second-order valence-corrected chi connectivity index (χ2v) is 7.03. The number of aliphatic hydroxyl groups is 2. The Labute approximate surface area is 165 Å². The smallest absolute Gasteiger partial charge is 0.425 e. The molecule has 0 saturated heterocycles. The van der Waals surface area contributed by atoms with E-state index in [4.69, 9.17) is 19.7 Å². The molecule has 158 valence electrons. The van der Waals surface area contributed by atoms with E-state index in [1.807, 2.05) is 24.3 Å². The van der Waals surface area contributed by atoms with Crippen molar-refractivity contribution in [2.24, 2.45) is 0 Å². The molecule has 28 heavy (non-hydrogen) atoms. The predicted molar refractivity (Wildman–Crippen MR) is 105 cm³/mol. The van der Waals surface area contributed by atoms with Gasteiger partial charge in [0.25, 0.3) is 0 Å². The van der Waals surface area contributed by atoms with Crippen LogP contribution in [0.15, 0.2) is 24.3 Å². The molecule has 1 aromatic carbocycles. The van der Waals surface area contributed by atoms with E-state index in [1.165, 1.54) is 7.11 Å². The van der Waals surface area contributed by atoms with Crippen LogP contribution >= 0.6 is 0 Å². The zero-order valence-corrected chi connectivity index (χ0v) is 16.9. The average molecular weight is 397 g/mol. The molecule has 0 bridgehead atoms. The molecule has 0 fully saturated rings. The highest BCUT2D eigenvalue weighted by molar-refractivity contribution is 5.82. The van der Waals surface area contributed by atoms with Crippen molar-refractivity contribution in [3.8, 4) is 0 Å². The van der Waals surface area contributed by atoms with Gasteiger partial charge in [-0.25, -0.2) is 20.0 Å². The molecule has 0 radical (unpaired) electrons. The van der Waals surface area contributed by atoms with Gasteiger partial charge in [0, 0.05) is 25.2 Å². The fourth-order valence-corrected chi connectivity index (χ4v) is 2.47. The minimum atomic E-state index is -1.02. The Balaban J connectivity index is 3.18. The first-order valence-corrected chi connectivity index (χ1v) is 9.10. The molecule has 0 saturated carbocycles. The Morgan fingerprint density at radius 2 is 1.79 bits per heavy atom. The molecule has 1 rings (SSSR count). The standard InChI is InChI=1S/C19H31N3O6/c1-19(2,3)28-18(26)22(21-10-12-24)16(17(25)27-4)13-14-7-5-6-8-15(14)20-9-11-23/h5-8,16,20-21,23-24H,9-13H2,1-4H3/t16-/m0/s1. The van der Waals surface area contributed by atoms with Crippen LogP contribution in [0.5, 0.6) is 0 Å². The monoisotopic (exact) mass is 397 g/mol. The number of methoxy groups -OCH3 is 1. The molecule has 0 aromatic heterocycles. The van der Waals surface area contributed by atoms with Crippen molar-refractivity contribution in [1.29, 1.82) is 0 Å². The topological polar surface area (TPSA) is 120 Å². The maximum Gasteiger partial charge on any atom is 0.425 e. The minimum absolute atomic E-state index is 0.0448. The Hall–Kier alpha value is -2.36. The van der Waals surface area contributed by atoms with Crippen LogP contribution in [0.1, 0.15) is 26.3 Å². The zero-order valence-electron chi connectivity index (χ0n) is 16.9. The van der Waals surface area contributed by atoms with Crippen molar-refractivity contribution in [1.82, 2.24) is 10.4 Å². The molecule has 0 unspecified atom stereocenters. The lowest BCUT2D eigenvalue weighted by molar-refractivity contribution is -0.148. The van der Waals surface area contributed by atoms with E-state index in [9.17, 15) is 9.59 Å². The quantitative estimate of drug-likeness (QED) is 0.340. The van der Waals surface area contributed by atoms with Crippen LogP contribution in [0.3, 0.4) is 0 Å². The highest BCUT2D eigenvalue weighted by Crippen LogP contribution is 2.20. The number of esters is 1. The molecule has 9 heteroatoms. The van der Waals surface area contributed by atoms with Gasteiger partial charge in [-0.2, -0.15) is 0 Å². The first-order chi connectivity index (χ1) is 13.2. The van der Waals surface area contributed by atoms with Gasteiger partial charge in [-0.15, -0.1) is 0 Å². The number of anilines is 1. The van der Waals surface area contributed by atoms with Crippen molar-refractivity contribution in [3.05, 3.63) is 29.8 Å². The second kappa shape index (κ2) is 11.5. The molecule has 4 N–H and O–H groups in total. The normalized spacial score (nSPS) is 12.2. The van der Waals surface area contributed by atoms with Gasteiger partial charge in [0.15, 0.2) is 6.04 Å². The molecule has 0 spiro atoms. The van der Waals surface area contributed by atoms with Crippen LogP contribution in [-0.4, -0.2) is 72.3 Å². The highest BCUT2D eigenvalue weighted by Gasteiger charge is 2.34. The van der Waals surface area contributed by atoms with Crippen LogP contribution in [0.4, 0.5) is 10.5 Å². The first kappa shape index (κ1) is 23.7. The molecule has 0 aliphatic rings. The number of nitrogens with zero attached hydrogens (tertiary/aromatic N) is 1. The van der Waals surface area contributed by atoms with Gasteiger partial charge in [-0.1, -0.05) is 18.2 Å². The Morgan fingerprint density at radius 3 is 2.36 bits per heavy atom. The van der Waals surface area contributed by atoms with Gasteiger partial charge in [0.2, 0.25) is 0 Å². The SMILES string of the molecule is COC(=O)[C@H](Cc1ccccc1NCCO)N(NCCO)C(=O)OC(C)(C)C. The summed E-state index contributed by atoms with van der Waals surface area (Å²) in [5, 5.41) is 22.3. The van der Waals surface area contributed by atoms with Crippen LogP contribution in [0, 0.1) is 0 Å². The largest absolute Gasteiger partial charge is 0.467 e. The summed E-state index contributed by atoms with van der Waals surface area (Å²) in [4.78, 5) is 25.2. The molecular formula is C19H31N3O6. The average Bonchev–Trinajstić information content (AvgIpc) is 2.64. The molecule has 9 nitrogen and oxygen atoms in total. The highest BCUT2D eigenvalue weighted by atomic mass is 16.6. The molecule has 0 aliphatic carbocycles. The molecule has 1 atom stereocenters. The lowest BCUT2D eigenvalue weighted by Gasteiger charge is -2.32. The Kier molecular flexibility index (Phi) is 9.70. The van der Waals surface area contributed by atoms with Gasteiger partial charge in [0.1, 0.15) is 5.60 Å². The number of benzene rings is 1. The van der Waals surface area contributed by atoms with Crippen molar-refractivity contribution >= 4 is 17.7 Å². The zero-order chi connectivity index (χ0) is 21.2. The van der Waals surface area contributed by atoms with Gasteiger partial charge in [0.05, 0.1) is 20.3 Å². The third kappa shape index (κ3) is 7.71. The van der Waals surface area contributed by atoms with Crippen molar-refractivity contribution in [2.45, 2.75) is 38.8 Å². The predicted octanol–water partition coefficient (Wildman–Crippen LogP) is 0.909. The van der Waals surface area contributed by atoms with Crippen LogP contribution in [-0.2, 0) is 20.7 Å². The van der Waals surface area contributed by atoms with Gasteiger partial charge in [-0.05, 0) is 32.4 Å². The summed E-state index contributed by atoms with van der Waals surface area (Å²) in [6, 6.07) is 6.25. The summed E-state index contributed by atoms with van der Waals surface area (Å²) in [5.74, 6) is -0.631. The van der Waals surface area contributed by atoms with E-state index in [0.717, 1.165) is 16.3 Å². The van der Waals surface area contributed by atoms with E-state index in [2.05, 4.69) is 10.7 Å². The summed E-state index contributed by atoms with van der Waals surface area (Å²) in [6.07, 6.45) is -0.615. The van der Waals surface area contributed by atoms with E-state index in [-0.39, 0.29) is 26.2 Å². The summed E-state index contributed by atoms with van der Waals surface area (Å²) in [7, 11) is 1.24. The summed E-state index contributed by atoms with van der Waals surface area (Å²) < 4.78 is 10.3. The first-order valence-electron chi connectivity index (χ1n) is 9.10. The number of amides is 1. The number of rotatable bonds is 10. The van der Waals surface area contributed by atoms with Crippen molar-refractivity contribution in [2.75, 3.05) is 38.7 Å². The maximum absolute atomic E-state index is 12.7. The number of carbonyl (C=O) groups is 2. The Bertz CT molecular complexity index is 632. The maximum atomic E-state index is 12.7. The van der Waals surface area contributed by atoms with Crippen molar-refractivity contribution in [3.63, 3.8) is 0 Å². The van der Waals surface area contributed by atoms with Crippen LogP contribution in [0.2, 0.25) is 0 Å². The van der Waals surface area contributed by atoms with Gasteiger partial charge in [-0.3, -0.25) is 0 Å². The number of carbonyl (C=O) groups excluding carboxylic acids is 2.